The molecule has 0 atom stereocenters. The van der Waals surface area contributed by atoms with Crippen LogP contribution in [0.4, 0.5) is 5.69 Å². The van der Waals surface area contributed by atoms with Crippen LogP contribution < -0.4 is 10.5 Å². The second kappa shape index (κ2) is 7.67. The summed E-state index contributed by atoms with van der Waals surface area (Å²) in [6.07, 6.45) is 0. The van der Waals surface area contributed by atoms with E-state index in [4.69, 9.17) is 5.14 Å². The van der Waals surface area contributed by atoms with E-state index in [1.807, 2.05) is 26.0 Å². The zero-order chi connectivity index (χ0) is 19.5. The van der Waals surface area contributed by atoms with Crippen molar-refractivity contribution in [2.24, 2.45) is 5.14 Å². The van der Waals surface area contributed by atoms with Gasteiger partial charge in [-0.15, -0.1) is 0 Å². The number of anilines is 1. The fourth-order valence-corrected chi connectivity index (χ4v) is 2.95. The second-order valence-corrected chi connectivity index (χ2v) is 7.59. The number of hydrogen-bond donors (Lipinski definition) is 2. The van der Waals surface area contributed by atoms with Crippen molar-refractivity contribution in [1.82, 2.24) is 4.90 Å². The minimum Gasteiger partial charge on any atom is -0.332 e. The second-order valence-electron chi connectivity index (χ2n) is 6.03. The minimum absolute atomic E-state index is 0.138. The fourth-order valence-electron chi connectivity index (χ4n) is 2.39. The van der Waals surface area contributed by atoms with Crippen LogP contribution in [0.25, 0.3) is 0 Å². The lowest BCUT2D eigenvalue weighted by Crippen LogP contribution is -2.35. The molecule has 2 amide bonds. The SMILES string of the molecule is Cc1cccc(NC(=O)CN(C)C(=O)c2cccc(S(N)(=O)=O)c2)c1C. The number of carbonyl (C=O) groups is 2. The molecule has 3 N–H and O–H groups in total. The Morgan fingerprint density at radius 1 is 1.12 bits per heavy atom. The number of hydrogen-bond acceptors (Lipinski definition) is 4. The third-order valence-electron chi connectivity index (χ3n) is 4.02. The Hall–Kier alpha value is -2.71. The molecule has 2 aromatic carbocycles. The van der Waals surface area contributed by atoms with Crippen molar-refractivity contribution in [3.8, 4) is 0 Å². The molecule has 26 heavy (non-hydrogen) atoms. The molecule has 0 aliphatic rings. The molecular formula is C18H21N3O4S. The predicted molar refractivity (Wildman–Crippen MR) is 99.3 cm³/mol. The van der Waals surface area contributed by atoms with E-state index in [2.05, 4.69) is 5.32 Å². The van der Waals surface area contributed by atoms with E-state index < -0.39 is 15.9 Å². The lowest BCUT2D eigenvalue weighted by Gasteiger charge is -2.18. The molecule has 7 nitrogen and oxygen atoms in total. The molecular weight excluding hydrogens is 354 g/mol. The standard InChI is InChI=1S/C18H21N3O4S/c1-12-6-4-9-16(13(12)2)20-17(22)11-21(3)18(23)14-7-5-8-15(10-14)26(19,24)25/h4-10H,11H2,1-3H3,(H,20,22)(H2,19,24,25). The van der Waals surface area contributed by atoms with Crippen molar-refractivity contribution in [3.63, 3.8) is 0 Å². The molecule has 0 radical (unpaired) electrons. The van der Waals surface area contributed by atoms with Gasteiger partial charge in [-0.3, -0.25) is 9.59 Å². The highest BCUT2D eigenvalue weighted by atomic mass is 32.2. The van der Waals surface area contributed by atoms with Crippen LogP contribution in [0.15, 0.2) is 47.4 Å². The highest BCUT2D eigenvalue weighted by Gasteiger charge is 2.18. The van der Waals surface area contributed by atoms with Crippen LogP contribution in [-0.2, 0) is 14.8 Å². The molecule has 0 unspecified atom stereocenters. The smallest absolute Gasteiger partial charge is 0.254 e. The lowest BCUT2D eigenvalue weighted by molar-refractivity contribution is -0.116. The number of nitrogens with two attached hydrogens (primary N) is 1. The summed E-state index contributed by atoms with van der Waals surface area (Å²) in [5.41, 5.74) is 2.83. The highest BCUT2D eigenvalue weighted by Crippen LogP contribution is 2.18. The number of rotatable bonds is 5. The summed E-state index contributed by atoms with van der Waals surface area (Å²) < 4.78 is 22.8. The molecule has 0 saturated carbocycles. The van der Waals surface area contributed by atoms with Crippen LogP contribution in [0.3, 0.4) is 0 Å². The molecule has 2 rings (SSSR count). The van der Waals surface area contributed by atoms with Gasteiger partial charge >= 0.3 is 0 Å². The Labute approximate surface area is 152 Å². The van der Waals surface area contributed by atoms with Gasteiger partial charge in [0.15, 0.2) is 0 Å². The van der Waals surface area contributed by atoms with Gasteiger partial charge in [-0.05, 0) is 49.2 Å². The third-order valence-corrected chi connectivity index (χ3v) is 4.93. The number of aryl methyl sites for hydroxylation is 1. The van der Waals surface area contributed by atoms with E-state index in [0.29, 0.717) is 5.69 Å². The first-order valence-corrected chi connectivity index (χ1v) is 9.38. The number of benzene rings is 2. The molecule has 8 heteroatoms. The van der Waals surface area contributed by atoms with Crippen LogP contribution in [0.2, 0.25) is 0 Å². The van der Waals surface area contributed by atoms with Crippen molar-refractivity contribution < 1.29 is 18.0 Å². The minimum atomic E-state index is -3.91. The van der Waals surface area contributed by atoms with Gasteiger partial charge in [-0.1, -0.05) is 18.2 Å². The summed E-state index contributed by atoms with van der Waals surface area (Å²) in [4.78, 5) is 25.7. The van der Waals surface area contributed by atoms with Crippen molar-refractivity contribution >= 4 is 27.5 Å². The summed E-state index contributed by atoms with van der Waals surface area (Å²) >= 11 is 0. The number of amides is 2. The van der Waals surface area contributed by atoms with E-state index in [0.717, 1.165) is 11.1 Å². The molecule has 0 aromatic heterocycles. The molecule has 0 saturated heterocycles. The van der Waals surface area contributed by atoms with Gasteiger partial charge in [0.25, 0.3) is 5.91 Å². The first kappa shape index (κ1) is 19.6. The number of primary sulfonamides is 1. The summed E-state index contributed by atoms with van der Waals surface area (Å²) in [5, 5.41) is 7.85. The van der Waals surface area contributed by atoms with Gasteiger partial charge in [0, 0.05) is 18.3 Å². The Balaban J connectivity index is 2.09. The third kappa shape index (κ3) is 4.68. The van der Waals surface area contributed by atoms with Crippen LogP contribution in [0.1, 0.15) is 21.5 Å². The largest absolute Gasteiger partial charge is 0.332 e. The first-order valence-electron chi connectivity index (χ1n) is 7.84. The summed E-state index contributed by atoms with van der Waals surface area (Å²) in [6, 6.07) is 11.0. The van der Waals surface area contributed by atoms with Gasteiger partial charge in [0.2, 0.25) is 15.9 Å². The van der Waals surface area contributed by atoms with Crippen molar-refractivity contribution in [3.05, 3.63) is 59.2 Å². The van der Waals surface area contributed by atoms with E-state index in [1.54, 1.807) is 6.07 Å². The van der Waals surface area contributed by atoms with Gasteiger partial charge < -0.3 is 10.2 Å². The maximum absolute atomic E-state index is 12.4. The molecule has 0 bridgehead atoms. The first-order chi connectivity index (χ1) is 12.1. The predicted octanol–water partition coefficient (Wildman–Crippen LogP) is 1.66. The number of sulfonamides is 1. The van der Waals surface area contributed by atoms with Crippen LogP contribution >= 0.6 is 0 Å². The molecule has 0 spiro atoms. The van der Waals surface area contributed by atoms with Crippen molar-refractivity contribution in [1.29, 1.82) is 0 Å². The topological polar surface area (TPSA) is 110 Å². The highest BCUT2D eigenvalue weighted by molar-refractivity contribution is 7.89. The number of nitrogens with one attached hydrogen (secondary N) is 1. The number of likely N-dealkylation sites (N-methyl/N-ethyl adjacent to an activating group) is 1. The molecule has 0 aliphatic carbocycles. The van der Waals surface area contributed by atoms with Gasteiger partial charge in [0.1, 0.15) is 0 Å². The van der Waals surface area contributed by atoms with E-state index in [-0.39, 0.29) is 22.9 Å². The number of nitrogens with zero attached hydrogens (tertiary/aromatic N) is 1. The molecule has 0 heterocycles. The zero-order valence-corrected chi connectivity index (χ0v) is 15.6. The Bertz CT molecular complexity index is 955. The lowest BCUT2D eigenvalue weighted by atomic mass is 10.1. The average Bonchev–Trinajstić information content (AvgIpc) is 2.57. The van der Waals surface area contributed by atoms with Gasteiger partial charge in [-0.2, -0.15) is 0 Å². The quantitative estimate of drug-likeness (QED) is 0.828. The van der Waals surface area contributed by atoms with E-state index in [9.17, 15) is 18.0 Å². The monoisotopic (exact) mass is 375 g/mol. The van der Waals surface area contributed by atoms with E-state index >= 15 is 0 Å². The Kier molecular flexibility index (Phi) is 5.79. The maximum atomic E-state index is 12.4. The summed E-state index contributed by atoms with van der Waals surface area (Å²) in [7, 11) is -2.44. The van der Waals surface area contributed by atoms with E-state index in [1.165, 1.54) is 36.2 Å². The number of carbonyl (C=O) groups excluding carboxylic acids is 2. The molecule has 0 aliphatic heterocycles. The van der Waals surface area contributed by atoms with Crippen molar-refractivity contribution in [2.75, 3.05) is 18.9 Å². The molecule has 0 fully saturated rings. The van der Waals surface area contributed by atoms with Gasteiger partial charge in [-0.25, -0.2) is 13.6 Å². The van der Waals surface area contributed by atoms with Crippen LogP contribution in [-0.4, -0.2) is 38.7 Å². The summed E-state index contributed by atoms with van der Waals surface area (Å²) in [5.74, 6) is -0.830. The normalized spacial score (nSPS) is 11.1. The van der Waals surface area contributed by atoms with Crippen LogP contribution in [0, 0.1) is 13.8 Å². The molecule has 138 valence electrons. The molecule has 2 aromatic rings. The fraction of sp³-hybridized carbons (Fsp3) is 0.222. The zero-order valence-electron chi connectivity index (χ0n) is 14.8. The summed E-state index contributed by atoms with van der Waals surface area (Å²) in [6.45, 7) is 3.67. The van der Waals surface area contributed by atoms with Crippen LogP contribution in [0.5, 0.6) is 0 Å². The Morgan fingerprint density at radius 3 is 2.42 bits per heavy atom. The maximum Gasteiger partial charge on any atom is 0.254 e. The average molecular weight is 375 g/mol. The Morgan fingerprint density at radius 2 is 1.77 bits per heavy atom. The van der Waals surface area contributed by atoms with Crippen molar-refractivity contribution in [2.45, 2.75) is 18.7 Å². The van der Waals surface area contributed by atoms with Gasteiger partial charge in [0.05, 0.1) is 11.4 Å².